The van der Waals surface area contributed by atoms with Gasteiger partial charge in [0.2, 0.25) is 0 Å². The SMILES string of the molecule is CC[C@@]12COC([C@H](n3cc(I)c(-n4cncn4)nc3=O)O1)[C@H]2O[Si](C)(C)C(C)(C)C.CC[C@@]12COC([C@H](n3cc(I)c(=O)[nH]c3=O)O1)[C@H]2O.CC[C@@]12COC([C@H](n3cc(I)c(=O)[nH]c3=O)O1)[C@H]2O[Si](C)(C)C(C)(C)C.CC[C@@]12COC([C@H](n3cc(I)c(N)nc3=O)O1)[C@H]2O[Si](C)(C)C(C)(C)C.CC[C@@]12COC([C@H](n3cc(I)c(NC(=O)c4ccccc4)nc3=O)O1)[C@H]2O[Si](C)(C)C(C)(C)C. The van der Waals surface area contributed by atoms with Crippen molar-refractivity contribution in [1.29, 1.82) is 0 Å². The van der Waals surface area contributed by atoms with Gasteiger partial charge in [0.1, 0.15) is 108 Å². The van der Waals surface area contributed by atoms with E-state index in [1.54, 1.807) is 42.9 Å². The minimum absolute atomic E-state index is 0.0336. The summed E-state index contributed by atoms with van der Waals surface area (Å²) >= 11 is 10.0. The number of amides is 1. The van der Waals surface area contributed by atoms with Crippen LogP contribution in [-0.2, 0) is 65.1 Å². The Morgan fingerprint density at radius 1 is 0.452 bits per heavy atom. The molecule has 5 unspecified atom stereocenters. The Kier molecular flexibility index (Phi) is 31.9. The molecule has 20 atom stereocenters. The molecule has 47 heteroatoms. The maximum atomic E-state index is 13.0. The summed E-state index contributed by atoms with van der Waals surface area (Å²) in [6.07, 6.45) is 7.73. The first-order valence-corrected chi connectivity index (χ1v) is 62.4. The number of nitrogens with one attached hydrogen (secondary N) is 3. The van der Waals surface area contributed by atoms with E-state index < -0.39 is 150 Å². The minimum Gasteiger partial charge on any atom is -0.408 e. The van der Waals surface area contributed by atoms with Gasteiger partial charge in [0.25, 0.3) is 17.0 Å². The molecule has 744 valence electrons. The first-order chi connectivity index (χ1) is 62.7. The normalized spacial score (nSPS) is 30.5. The Morgan fingerprint density at radius 3 is 1.11 bits per heavy atom. The molecule has 10 aliphatic heterocycles. The second-order valence-electron chi connectivity index (χ2n) is 42.0. The van der Waals surface area contributed by atoms with Gasteiger partial charge >= 0.3 is 28.4 Å². The van der Waals surface area contributed by atoms with Crippen molar-refractivity contribution in [2.75, 3.05) is 44.1 Å². The van der Waals surface area contributed by atoms with Crippen molar-refractivity contribution >= 4 is 164 Å². The van der Waals surface area contributed by atoms with Crippen molar-refractivity contribution < 1.29 is 75.0 Å². The number of nitrogen functional groups attached to an aromatic ring is 1. The molecule has 38 nitrogen and oxygen atoms in total. The lowest BCUT2D eigenvalue weighted by Gasteiger charge is -2.40. The summed E-state index contributed by atoms with van der Waals surface area (Å²) in [7, 11) is -8.24. The summed E-state index contributed by atoms with van der Waals surface area (Å²) in [5, 5.41) is 17.2. The van der Waals surface area contributed by atoms with Crippen molar-refractivity contribution in [2.45, 2.75) is 343 Å². The van der Waals surface area contributed by atoms with Gasteiger partial charge in [0.15, 0.2) is 76.0 Å². The fourth-order valence-electron chi connectivity index (χ4n) is 17.0. The predicted molar refractivity (Wildman–Crippen MR) is 554 cm³/mol. The molecule has 10 saturated heterocycles. The number of nitrogens with zero attached hydrogens (tertiary/aromatic N) is 11. The van der Waals surface area contributed by atoms with E-state index in [-0.39, 0.29) is 80.4 Å². The van der Waals surface area contributed by atoms with E-state index in [4.69, 9.17) is 70.8 Å². The maximum absolute atomic E-state index is 13.0. The number of nitrogens with two attached hydrogens (primary N) is 1. The maximum Gasteiger partial charge on any atom is 0.351 e. The molecule has 16 heterocycles. The Morgan fingerprint density at radius 2 is 0.763 bits per heavy atom. The van der Waals surface area contributed by atoms with Crippen LogP contribution >= 0.6 is 113 Å². The summed E-state index contributed by atoms with van der Waals surface area (Å²) in [6, 6.07) is 8.81. The second-order valence-corrected chi connectivity index (χ2v) is 66.8. The highest BCUT2D eigenvalue weighted by Gasteiger charge is 2.69. The zero-order chi connectivity index (χ0) is 99.6. The number of aromatic amines is 2. The largest absolute Gasteiger partial charge is 0.408 e. The number of anilines is 2. The lowest BCUT2D eigenvalue weighted by molar-refractivity contribution is -0.175. The fraction of sp³-hybridized carbons (Fsp3) is 0.670. The Hall–Kier alpha value is -4.45. The fourth-order valence-corrected chi connectivity index (χ4v) is 24.8. The molecular formula is C88H128I5N15O23Si4. The highest BCUT2D eigenvalue weighted by molar-refractivity contribution is 14.1. The summed E-state index contributed by atoms with van der Waals surface area (Å²) in [6.45, 7) is 56.6. The number of hydrogen-bond donors (Lipinski definition) is 5. The van der Waals surface area contributed by atoms with Gasteiger partial charge in [-0.1, -0.05) is 136 Å². The number of aliphatic hydroxyl groups excluding tert-OH is 1. The van der Waals surface area contributed by atoms with Crippen molar-refractivity contribution in [3.63, 3.8) is 0 Å². The number of ether oxygens (including phenoxy) is 10. The first kappa shape index (κ1) is 108. The van der Waals surface area contributed by atoms with Crippen molar-refractivity contribution in [2.24, 2.45) is 0 Å². The third-order valence-corrected chi connectivity index (χ3v) is 51.4. The molecule has 1 aromatic carbocycles. The van der Waals surface area contributed by atoms with Crippen LogP contribution in [0.1, 0.15) is 191 Å². The number of hydrogen-bond acceptors (Lipinski definition) is 29. The number of aliphatic hydroxyl groups is 1. The van der Waals surface area contributed by atoms with E-state index >= 15 is 0 Å². The number of rotatable bonds is 21. The van der Waals surface area contributed by atoms with Crippen molar-refractivity contribution in [3.8, 4) is 5.82 Å². The van der Waals surface area contributed by atoms with Crippen LogP contribution in [0.3, 0.4) is 0 Å². The number of aromatic nitrogens is 13. The second kappa shape index (κ2) is 39.9. The summed E-state index contributed by atoms with van der Waals surface area (Å²) < 4.78 is 99.9. The summed E-state index contributed by atoms with van der Waals surface area (Å²) in [5.41, 5.74) is -0.00423. The number of carbonyl (C=O) groups is 1. The van der Waals surface area contributed by atoms with E-state index in [9.17, 15) is 43.5 Å². The quantitative estimate of drug-likeness (QED) is 0.0329. The van der Waals surface area contributed by atoms with Crippen LogP contribution < -0.4 is 50.6 Å². The van der Waals surface area contributed by atoms with Crippen LogP contribution in [0.4, 0.5) is 11.6 Å². The van der Waals surface area contributed by atoms with E-state index in [0.717, 1.165) is 22.8 Å². The lowest BCUT2D eigenvalue weighted by atomic mass is 9.96. The average molecular weight is 2510 g/mol. The molecule has 7 aromatic rings. The number of benzene rings is 1. The number of H-pyrrole nitrogens is 2. The molecule has 6 aromatic heterocycles. The molecular weight excluding hydrogens is 2380 g/mol. The predicted octanol–water partition coefficient (Wildman–Crippen LogP) is 12.5. The Bertz CT molecular complexity index is 5970. The van der Waals surface area contributed by atoms with Crippen molar-refractivity contribution in [1.82, 2.24) is 62.5 Å². The molecule has 0 radical (unpaired) electrons. The zero-order valence-electron chi connectivity index (χ0n) is 81.0. The molecule has 10 fully saturated rings. The topological polar surface area (TPSA) is 450 Å². The van der Waals surface area contributed by atoms with E-state index in [1.807, 2.05) is 58.2 Å². The third-order valence-electron chi connectivity index (χ3n) is 29.7. The molecule has 1 amide bonds. The smallest absolute Gasteiger partial charge is 0.351 e. The molecule has 10 bridgehead atoms. The molecule has 135 heavy (non-hydrogen) atoms. The molecule has 0 aliphatic carbocycles. The summed E-state index contributed by atoms with van der Waals surface area (Å²) in [5.74, 6) is 0.572. The van der Waals surface area contributed by atoms with Gasteiger partial charge in [0, 0.05) is 36.5 Å². The van der Waals surface area contributed by atoms with Crippen LogP contribution in [0.25, 0.3) is 5.82 Å². The molecule has 6 N–H and O–H groups in total. The third kappa shape index (κ3) is 20.8. The molecule has 17 rings (SSSR count). The van der Waals surface area contributed by atoms with Gasteiger partial charge in [-0.3, -0.25) is 47.2 Å². The first-order valence-electron chi connectivity index (χ1n) is 45.4. The van der Waals surface area contributed by atoms with E-state index in [2.05, 4.69) is 271 Å². The average Bonchev–Trinajstić information content (AvgIpc) is 1.58. The highest BCUT2D eigenvalue weighted by Crippen LogP contribution is 2.57. The standard InChI is InChI=1S/C24H32IN3O5Si.C19H28IN5O4Si.C17H28IN3O4Si.C17H27IN2O5Si.C11H13IN2O5/c1-7-24-14-31-17(18(24)33-34(5,6)23(2,3)4)21(32-24)28-13-16(25)19(27-22(28)30)26-20(29)15-11-9-8-10-12-15;1-7-19-9-27-13(14(19)29-30(5,6)18(2,3)4)16(28-19)24-8-12(20)15(23-17(24)26)25-11-21-10-22-25;1-7-17-9-23-11(12(17)25-26(5,6)16(2,3)4)14(24-17)21-8-10(18)13(19)20-15(21)22;1-7-17-9-23-11(12(17)25-26(5,6)16(2,3)4)14(24-17)20-8-10(18)13(21)19-15(20)22;1-2-11-4-18-6(7(11)15)9(19-11)14-3-5(12)8(16)13-10(14)17/h8-13,17-18,21H,7,14H2,1-6H3,(H,26,27,29,30);8,10-11,13-14,16H,7,9H2,1-6H3;8,11-12,14H,7,9H2,1-6H3,(H2,19,20,22);8,11-12,14H,7,9H2,1-6H3,(H,19,21,22);3,6-7,9,15H,2,4H2,1H3,(H,13,16,17)/t17?,18-,21-,24+;13?,14-,16-,19+;2*11?,12-,14-,17+;6?,7-,9-,11+/m11111/s1. The highest BCUT2D eigenvalue weighted by atomic mass is 127. The van der Waals surface area contributed by atoms with Crippen molar-refractivity contribution in [3.05, 3.63) is 171 Å². The van der Waals surface area contributed by atoms with E-state index in [1.165, 1.54) is 52.6 Å². The van der Waals surface area contributed by atoms with Crippen LogP contribution in [0.2, 0.25) is 72.5 Å². The van der Waals surface area contributed by atoms with Gasteiger partial charge in [-0.15, -0.1) is 0 Å². The van der Waals surface area contributed by atoms with Gasteiger partial charge in [-0.05, 0) is 230 Å². The molecule has 0 spiro atoms. The molecule has 10 aliphatic rings. The van der Waals surface area contributed by atoms with Crippen LogP contribution in [-0.4, -0.2) is 229 Å². The number of carbonyl (C=O) groups excluding carboxylic acids is 1. The number of halogens is 5. The van der Waals surface area contributed by atoms with Gasteiger partial charge < -0.3 is 81.2 Å². The lowest BCUT2D eigenvalue weighted by Crippen LogP contribution is -2.51. The van der Waals surface area contributed by atoms with Crippen LogP contribution in [0, 0.1) is 17.9 Å². The van der Waals surface area contributed by atoms with Gasteiger partial charge in [-0.2, -0.15) is 20.1 Å². The monoisotopic (exact) mass is 2510 g/mol. The van der Waals surface area contributed by atoms with Crippen LogP contribution in [0.5, 0.6) is 0 Å². The van der Waals surface area contributed by atoms with Gasteiger partial charge in [0.05, 0.1) is 50.9 Å². The zero-order valence-corrected chi connectivity index (χ0v) is 95.8. The Labute approximate surface area is 856 Å². The molecule has 0 saturated carbocycles. The Balaban J connectivity index is 0.000000144. The number of fused-ring (bicyclic) bond motifs is 10. The van der Waals surface area contributed by atoms with Crippen LogP contribution in [0.15, 0.2) is 108 Å². The van der Waals surface area contributed by atoms with E-state index in [0.29, 0.717) is 71.5 Å². The minimum atomic E-state index is -2.10. The summed E-state index contributed by atoms with van der Waals surface area (Å²) in [4.78, 5) is 119. The van der Waals surface area contributed by atoms with Gasteiger partial charge in [-0.25, -0.2) is 33.6 Å².